The lowest BCUT2D eigenvalue weighted by molar-refractivity contribution is 0.499. The lowest BCUT2D eigenvalue weighted by atomic mass is 9.81. The van der Waals surface area contributed by atoms with Gasteiger partial charge in [-0.25, -0.2) is 4.98 Å². The molecule has 124 valence electrons. The van der Waals surface area contributed by atoms with Crippen LogP contribution in [-0.2, 0) is 18.4 Å². The molecule has 25 heavy (non-hydrogen) atoms. The fourth-order valence-electron chi connectivity index (χ4n) is 2.70. The Bertz CT molecular complexity index is 864. The van der Waals surface area contributed by atoms with Gasteiger partial charge >= 0.3 is 0 Å². The summed E-state index contributed by atoms with van der Waals surface area (Å²) in [5.74, 6) is 0. The third-order valence-corrected chi connectivity index (χ3v) is 4.29. The molecule has 2 aromatic carbocycles. The Morgan fingerprint density at radius 1 is 1.12 bits per heavy atom. The van der Waals surface area contributed by atoms with Gasteiger partial charge in [-0.05, 0) is 29.7 Å². The molecule has 0 saturated heterocycles. The van der Waals surface area contributed by atoms with Gasteiger partial charge in [0, 0.05) is 5.02 Å². The summed E-state index contributed by atoms with van der Waals surface area (Å²) in [5, 5.41) is 14.8. The van der Waals surface area contributed by atoms with Gasteiger partial charge in [0.1, 0.15) is 18.1 Å². The van der Waals surface area contributed by atoms with Gasteiger partial charge in [-0.15, -0.1) is 0 Å². The summed E-state index contributed by atoms with van der Waals surface area (Å²) in [6, 6.07) is 20.0. The number of allylic oxidation sites excluding steroid dienone is 2. The molecule has 3 rings (SSSR count). The van der Waals surface area contributed by atoms with Crippen molar-refractivity contribution in [3.63, 3.8) is 0 Å². The van der Waals surface area contributed by atoms with Gasteiger partial charge in [0.15, 0.2) is 0 Å². The fourth-order valence-corrected chi connectivity index (χ4v) is 2.83. The highest BCUT2D eigenvalue weighted by Gasteiger charge is 2.30. The predicted octanol–water partition coefficient (Wildman–Crippen LogP) is 4.19. The van der Waals surface area contributed by atoms with E-state index in [1.165, 1.54) is 11.9 Å². The molecule has 5 heteroatoms. The number of hydrogen-bond acceptors (Lipinski definition) is 3. The monoisotopic (exact) mass is 348 g/mol. The summed E-state index contributed by atoms with van der Waals surface area (Å²) in [7, 11) is 0. The van der Waals surface area contributed by atoms with Gasteiger partial charge < -0.3 is 0 Å². The lowest BCUT2D eigenvalue weighted by Gasteiger charge is -2.23. The zero-order valence-corrected chi connectivity index (χ0v) is 14.3. The fraction of sp³-hybridized carbons (Fsp3) is 0.150. The van der Waals surface area contributed by atoms with E-state index in [1.807, 2.05) is 42.5 Å². The van der Waals surface area contributed by atoms with E-state index in [4.69, 9.17) is 11.6 Å². The van der Waals surface area contributed by atoms with Crippen molar-refractivity contribution in [1.82, 2.24) is 14.8 Å². The van der Waals surface area contributed by atoms with Crippen molar-refractivity contribution in [1.29, 1.82) is 5.26 Å². The normalized spacial score (nSPS) is 13.4. The van der Waals surface area contributed by atoms with Crippen LogP contribution in [0.3, 0.4) is 0 Å². The van der Waals surface area contributed by atoms with Crippen LogP contribution >= 0.6 is 11.6 Å². The molecule has 0 bridgehead atoms. The minimum absolute atomic E-state index is 0.385. The van der Waals surface area contributed by atoms with Crippen LogP contribution in [0.25, 0.3) is 0 Å². The largest absolute Gasteiger partial charge is 0.251 e. The van der Waals surface area contributed by atoms with Crippen molar-refractivity contribution in [3.8, 4) is 6.07 Å². The third-order valence-electron chi connectivity index (χ3n) is 4.04. The summed E-state index contributed by atoms with van der Waals surface area (Å²) in [5.41, 5.74) is 1.23. The Morgan fingerprint density at radius 2 is 1.88 bits per heavy atom. The molecule has 0 spiro atoms. The number of nitrogens with zero attached hydrogens (tertiary/aromatic N) is 4. The van der Waals surface area contributed by atoms with Crippen molar-refractivity contribution in [2.24, 2.45) is 0 Å². The molecule has 4 nitrogen and oxygen atoms in total. The molecule has 0 aliphatic heterocycles. The van der Waals surface area contributed by atoms with Crippen molar-refractivity contribution in [3.05, 3.63) is 95.6 Å². The van der Waals surface area contributed by atoms with Crippen molar-refractivity contribution in [2.45, 2.75) is 18.4 Å². The maximum Gasteiger partial charge on any atom is 0.137 e. The summed E-state index contributed by atoms with van der Waals surface area (Å²) in [4.78, 5) is 3.97. The van der Waals surface area contributed by atoms with E-state index in [9.17, 15) is 5.26 Å². The average molecular weight is 349 g/mol. The first-order chi connectivity index (χ1) is 12.2. The van der Waals surface area contributed by atoms with E-state index in [1.54, 1.807) is 23.1 Å². The van der Waals surface area contributed by atoms with Crippen molar-refractivity contribution < 1.29 is 0 Å². The highest BCUT2D eigenvalue weighted by Crippen LogP contribution is 2.29. The minimum Gasteiger partial charge on any atom is -0.251 e. The van der Waals surface area contributed by atoms with E-state index in [2.05, 4.69) is 28.3 Å². The molecule has 0 aliphatic carbocycles. The second kappa shape index (κ2) is 7.78. The first-order valence-electron chi connectivity index (χ1n) is 7.93. The Hall–Kier alpha value is -2.90. The maximum atomic E-state index is 10.00. The number of benzene rings is 2. The summed E-state index contributed by atoms with van der Waals surface area (Å²) in [6.07, 6.45) is 7.83. The standard InChI is InChI=1S/C20H17ClN4/c21-19-10-8-18(9-11-19)20(13-22,14-25-16-23-15-24-25)12-4-7-17-5-2-1-3-6-17/h1-6,8-12,15-16H,7,14H2/b12-4+. The van der Waals surface area contributed by atoms with Crippen LogP contribution in [0, 0.1) is 11.3 Å². The minimum atomic E-state index is -0.840. The van der Waals surface area contributed by atoms with Crippen LogP contribution in [0.1, 0.15) is 11.1 Å². The van der Waals surface area contributed by atoms with E-state index in [0.717, 1.165) is 12.0 Å². The van der Waals surface area contributed by atoms with Crippen molar-refractivity contribution in [2.75, 3.05) is 0 Å². The van der Waals surface area contributed by atoms with Crippen LogP contribution < -0.4 is 0 Å². The quantitative estimate of drug-likeness (QED) is 0.627. The molecule has 1 aromatic heterocycles. The average Bonchev–Trinajstić information content (AvgIpc) is 3.15. The van der Waals surface area contributed by atoms with Gasteiger partial charge in [0.2, 0.25) is 0 Å². The molecule has 0 radical (unpaired) electrons. The highest BCUT2D eigenvalue weighted by molar-refractivity contribution is 6.30. The Labute approximate surface area is 152 Å². The highest BCUT2D eigenvalue weighted by atomic mass is 35.5. The topological polar surface area (TPSA) is 54.5 Å². The van der Waals surface area contributed by atoms with Gasteiger partial charge in [-0.1, -0.05) is 66.2 Å². The molecule has 1 heterocycles. The summed E-state index contributed by atoms with van der Waals surface area (Å²) >= 11 is 6.00. The van der Waals surface area contributed by atoms with E-state index in [-0.39, 0.29) is 0 Å². The molecule has 3 aromatic rings. The number of aromatic nitrogens is 3. The lowest BCUT2D eigenvalue weighted by Crippen LogP contribution is -2.28. The smallest absolute Gasteiger partial charge is 0.137 e. The van der Waals surface area contributed by atoms with Crippen LogP contribution in [0.4, 0.5) is 0 Å². The van der Waals surface area contributed by atoms with Crippen LogP contribution in [0.5, 0.6) is 0 Å². The Kier molecular flexibility index (Phi) is 5.27. The number of rotatable bonds is 6. The van der Waals surface area contributed by atoms with Crippen LogP contribution in [0.15, 0.2) is 79.4 Å². The second-order valence-electron chi connectivity index (χ2n) is 5.78. The first-order valence-corrected chi connectivity index (χ1v) is 8.31. The van der Waals surface area contributed by atoms with Gasteiger partial charge in [0.25, 0.3) is 0 Å². The molecule has 1 atom stereocenters. The molecule has 0 N–H and O–H groups in total. The molecule has 0 amide bonds. The SMILES string of the molecule is N#CC(/C=C/Cc1ccccc1)(Cn1cncn1)c1ccc(Cl)cc1. The molecular formula is C20H17ClN4. The van der Waals surface area contributed by atoms with Crippen molar-refractivity contribution >= 4 is 11.6 Å². The zero-order valence-electron chi connectivity index (χ0n) is 13.6. The molecule has 0 aliphatic rings. The first kappa shape index (κ1) is 16.9. The molecule has 1 unspecified atom stereocenters. The van der Waals surface area contributed by atoms with E-state index >= 15 is 0 Å². The van der Waals surface area contributed by atoms with Gasteiger partial charge in [0.05, 0.1) is 12.6 Å². The number of halogens is 1. The predicted molar refractivity (Wildman–Crippen MR) is 98.1 cm³/mol. The Balaban J connectivity index is 1.92. The number of nitriles is 1. The summed E-state index contributed by atoms with van der Waals surface area (Å²) in [6.45, 7) is 0.385. The van der Waals surface area contributed by atoms with E-state index < -0.39 is 5.41 Å². The van der Waals surface area contributed by atoms with E-state index in [0.29, 0.717) is 11.6 Å². The Morgan fingerprint density at radius 3 is 2.52 bits per heavy atom. The molecular weight excluding hydrogens is 332 g/mol. The molecule has 0 saturated carbocycles. The second-order valence-corrected chi connectivity index (χ2v) is 6.21. The molecule has 0 fully saturated rings. The zero-order chi connectivity index (χ0) is 17.5. The third kappa shape index (κ3) is 4.14. The van der Waals surface area contributed by atoms with Gasteiger partial charge in [-0.2, -0.15) is 10.4 Å². The van der Waals surface area contributed by atoms with Gasteiger partial charge in [-0.3, -0.25) is 4.68 Å². The van der Waals surface area contributed by atoms with Crippen LogP contribution in [-0.4, -0.2) is 14.8 Å². The van der Waals surface area contributed by atoms with Crippen LogP contribution in [0.2, 0.25) is 5.02 Å². The summed E-state index contributed by atoms with van der Waals surface area (Å²) < 4.78 is 1.67. The maximum absolute atomic E-state index is 10.00. The number of hydrogen-bond donors (Lipinski definition) is 0.